The van der Waals surface area contributed by atoms with Crippen molar-refractivity contribution in [2.45, 2.75) is 13.8 Å². The summed E-state index contributed by atoms with van der Waals surface area (Å²) >= 11 is 0. The van der Waals surface area contributed by atoms with Crippen molar-refractivity contribution < 1.29 is 4.39 Å². The second-order valence-corrected chi connectivity index (χ2v) is 7.07. The number of piperazine rings is 1. The Morgan fingerprint density at radius 3 is 2.23 bits per heavy atom. The third-order valence-corrected chi connectivity index (χ3v) is 5.31. The van der Waals surface area contributed by atoms with Gasteiger partial charge in [-0.15, -0.1) is 0 Å². The summed E-state index contributed by atoms with van der Waals surface area (Å²) in [6.45, 7) is 8.80. The van der Waals surface area contributed by atoms with Gasteiger partial charge in [0.1, 0.15) is 11.6 Å². The number of hydrogen-bond acceptors (Lipinski definition) is 7. The first-order valence-electron chi connectivity index (χ1n) is 10.4. The van der Waals surface area contributed by atoms with Crippen molar-refractivity contribution in [2.75, 3.05) is 54.0 Å². The Morgan fingerprint density at radius 1 is 0.867 bits per heavy atom. The summed E-state index contributed by atoms with van der Waals surface area (Å²) < 4.78 is 14.4. The SMILES string of the molecule is CCN(CC)c1nc(-c2ccccc2F)nc(N2CCN(c3ccccn3)CC2)n1. The largest absolute Gasteiger partial charge is 0.353 e. The predicted molar refractivity (Wildman–Crippen MR) is 117 cm³/mol. The van der Waals surface area contributed by atoms with Gasteiger partial charge in [0.15, 0.2) is 5.82 Å². The van der Waals surface area contributed by atoms with Gasteiger partial charge in [-0.25, -0.2) is 9.37 Å². The molecule has 0 radical (unpaired) electrons. The Hall–Kier alpha value is -3.29. The van der Waals surface area contributed by atoms with Crippen LogP contribution in [0.3, 0.4) is 0 Å². The molecule has 0 atom stereocenters. The zero-order valence-electron chi connectivity index (χ0n) is 17.4. The summed E-state index contributed by atoms with van der Waals surface area (Å²) in [7, 11) is 0. The van der Waals surface area contributed by atoms with Crippen LogP contribution in [0.1, 0.15) is 13.8 Å². The number of rotatable bonds is 6. The van der Waals surface area contributed by atoms with Gasteiger partial charge in [0.2, 0.25) is 11.9 Å². The van der Waals surface area contributed by atoms with Gasteiger partial charge in [0, 0.05) is 45.5 Å². The molecule has 0 amide bonds. The molecule has 4 rings (SSSR count). The fourth-order valence-corrected chi connectivity index (χ4v) is 3.58. The van der Waals surface area contributed by atoms with Crippen LogP contribution < -0.4 is 14.7 Å². The van der Waals surface area contributed by atoms with E-state index in [1.165, 1.54) is 6.07 Å². The summed E-state index contributed by atoms with van der Waals surface area (Å²) in [5.41, 5.74) is 0.390. The molecule has 0 unspecified atom stereocenters. The number of halogens is 1. The summed E-state index contributed by atoms with van der Waals surface area (Å²) in [5.74, 6) is 2.18. The second kappa shape index (κ2) is 9.02. The Balaban J connectivity index is 1.63. The molecule has 3 heterocycles. The molecule has 156 valence electrons. The zero-order chi connectivity index (χ0) is 20.9. The van der Waals surface area contributed by atoms with Crippen LogP contribution in [0.2, 0.25) is 0 Å². The second-order valence-electron chi connectivity index (χ2n) is 7.07. The van der Waals surface area contributed by atoms with Crippen LogP contribution in [0.15, 0.2) is 48.7 Å². The van der Waals surface area contributed by atoms with E-state index >= 15 is 0 Å². The summed E-state index contributed by atoms with van der Waals surface area (Å²) in [4.78, 5) is 24.8. The Morgan fingerprint density at radius 2 is 1.57 bits per heavy atom. The maximum Gasteiger partial charge on any atom is 0.230 e. The Labute approximate surface area is 176 Å². The quantitative estimate of drug-likeness (QED) is 0.622. The van der Waals surface area contributed by atoms with Crippen molar-refractivity contribution in [3.8, 4) is 11.4 Å². The molecule has 1 aliphatic heterocycles. The molecule has 1 aliphatic rings. The van der Waals surface area contributed by atoms with Crippen molar-refractivity contribution in [3.63, 3.8) is 0 Å². The van der Waals surface area contributed by atoms with Gasteiger partial charge in [-0.05, 0) is 38.1 Å². The average Bonchev–Trinajstić information content (AvgIpc) is 2.81. The van der Waals surface area contributed by atoms with Gasteiger partial charge in [-0.1, -0.05) is 18.2 Å². The van der Waals surface area contributed by atoms with Crippen LogP contribution in [-0.4, -0.2) is 59.2 Å². The first-order chi connectivity index (χ1) is 14.7. The van der Waals surface area contributed by atoms with E-state index in [0.717, 1.165) is 45.1 Å². The first kappa shape index (κ1) is 20.0. The maximum atomic E-state index is 14.4. The smallest absolute Gasteiger partial charge is 0.230 e. The number of benzene rings is 1. The van der Waals surface area contributed by atoms with Crippen LogP contribution in [-0.2, 0) is 0 Å². The van der Waals surface area contributed by atoms with E-state index in [0.29, 0.717) is 23.3 Å². The standard InChI is InChI=1S/C22H26FN7/c1-3-28(4-2)21-25-20(17-9-5-6-10-18(17)23)26-22(27-21)30-15-13-29(14-16-30)19-11-7-8-12-24-19/h5-12H,3-4,13-16H2,1-2H3. The van der Waals surface area contributed by atoms with Gasteiger partial charge in [0.25, 0.3) is 0 Å². The highest BCUT2D eigenvalue weighted by atomic mass is 19.1. The van der Waals surface area contributed by atoms with E-state index in [9.17, 15) is 4.39 Å². The highest BCUT2D eigenvalue weighted by molar-refractivity contribution is 5.59. The average molecular weight is 407 g/mol. The van der Waals surface area contributed by atoms with E-state index in [4.69, 9.17) is 4.98 Å². The molecule has 1 fully saturated rings. The van der Waals surface area contributed by atoms with Gasteiger partial charge < -0.3 is 14.7 Å². The number of aromatic nitrogens is 4. The Kier molecular flexibility index (Phi) is 6.02. The minimum absolute atomic E-state index is 0.333. The van der Waals surface area contributed by atoms with E-state index < -0.39 is 0 Å². The number of nitrogens with zero attached hydrogens (tertiary/aromatic N) is 7. The predicted octanol–water partition coefficient (Wildman–Crippen LogP) is 3.25. The third kappa shape index (κ3) is 4.17. The lowest BCUT2D eigenvalue weighted by molar-refractivity contribution is 0.625. The molecular weight excluding hydrogens is 381 g/mol. The molecular formula is C22H26FN7. The molecule has 0 N–H and O–H groups in total. The van der Waals surface area contributed by atoms with Crippen molar-refractivity contribution >= 4 is 17.7 Å². The lowest BCUT2D eigenvalue weighted by Gasteiger charge is -2.35. The molecule has 3 aromatic rings. The normalized spacial score (nSPS) is 14.1. The number of anilines is 3. The van der Waals surface area contributed by atoms with Gasteiger partial charge in [0.05, 0.1) is 5.56 Å². The molecule has 0 saturated carbocycles. The highest BCUT2D eigenvalue weighted by Crippen LogP contribution is 2.24. The summed E-state index contributed by atoms with van der Waals surface area (Å²) in [6, 6.07) is 12.5. The van der Waals surface area contributed by atoms with Crippen LogP contribution in [0.25, 0.3) is 11.4 Å². The minimum Gasteiger partial charge on any atom is -0.353 e. The van der Waals surface area contributed by atoms with Crippen molar-refractivity contribution in [1.82, 2.24) is 19.9 Å². The molecule has 0 aliphatic carbocycles. The van der Waals surface area contributed by atoms with Crippen LogP contribution in [0, 0.1) is 5.82 Å². The van der Waals surface area contributed by atoms with E-state index in [2.05, 4.69) is 43.5 Å². The molecule has 30 heavy (non-hydrogen) atoms. The maximum absolute atomic E-state index is 14.4. The molecule has 7 nitrogen and oxygen atoms in total. The number of pyridine rings is 1. The monoisotopic (exact) mass is 407 g/mol. The first-order valence-corrected chi connectivity index (χ1v) is 10.4. The Bertz CT molecular complexity index is 970. The topological polar surface area (TPSA) is 61.3 Å². The minimum atomic E-state index is -0.333. The summed E-state index contributed by atoms with van der Waals surface area (Å²) in [6.07, 6.45) is 1.81. The highest BCUT2D eigenvalue weighted by Gasteiger charge is 2.23. The van der Waals surface area contributed by atoms with Crippen LogP contribution in [0.5, 0.6) is 0 Å². The van der Waals surface area contributed by atoms with Gasteiger partial charge >= 0.3 is 0 Å². The molecule has 2 aromatic heterocycles. The fourth-order valence-electron chi connectivity index (χ4n) is 3.58. The van der Waals surface area contributed by atoms with Crippen LogP contribution >= 0.6 is 0 Å². The molecule has 1 saturated heterocycles. The van der Waals surface area contributed by atoms with Crippen molar-refractivity contribution in [1.29, 1.82) is 0 Å². The lowest BCUT2D eigenvalue weighted by Crippen LogP contribution is -2.47. The molecule has 1 aromatic carbocycles. The number of hydrogen-bond donors (Lipinski definition) is 0. The van der Waals surface area contributed by atoms with Gasteiger partial charge in [-0.3, -0.25) is 0 Å². The fraction of sp³-hybridized carbons (Fsp3) is 0.364. The molecule has 0 spiro atoms. The van der Waals surface area contributed by atoms with Crippen LogP contribution in [0.4, 0.5) is 22.1 Å². The summed E-state index contributed by atoms with van der Waals surface area (Å²) in [5, 5.41) is 0. The zero-order valence-corrected chi connectivity index (χ0v) is 17.4. The van der Waals surface area contributed by atoms with Gasteiger partial charge in [-0.2, -0.15) is 15.0 Å². The molecule has 8 heteroatoms. The molecule has 0 bridgehead atoms. The lowest BCUT2D eigenvalue weighted by atomic mass is 10.2. The van der Waals surface area contributed by atoms with Crippen molar-refractivity contribution in [3.05, 3.63) is 54.5 Å². The van der Waals surface area contributed by atoms with E-state index in [1.807, 2.05) is 24.4 Å². The van der Waals surface area contributed by atoms with Crippen molar-refractivity contribution in [2.24, 2.45) is 0 Å². The van der Waals surface area contributed by atoms with E-state index in [1.54, 1.807) is 18.2 Å². The van der Waals surface area contributed by atoms with E-state index in [-0.39, 0.29) is 5.82 Å². The third-order valence-electron chi connectivity index (χ3n) is 5.31.